The van der Waals surface area contributed by atoms with Crippen molar-refractivity contribution in [3.8, 4) is 11.5 Å². The van der Waals surface area contributed by atoms with Crippen LogP contribution in [0, 0.1) is 0 Å². The number of amides is 2. The quantitative estimate of drug-likeness (QED) is 0.714. The van der Waals surface area contributed by atoms with E-state index in [1.54, 1.807) is 18.2 Å². The second kappa shape index (κ2) is 8.86. The van der Waals surface area contributed by atoms with E-state index >= 15 is 0 Å². The van der Waals surface area contributed by atoms with Gasteiger partial charge in [0.05, 0.1) is 30.7 Å². The van der Waals surface area contributed by atoms with Crippen LogP contribution in [0.1, 0.15) is 17.5 Å². The summed E-state index contributed by atoms with van der Waals surface area (Å²) in [6.07, 6.45) is -4.61. The fourth-order valence-electron chi connectivity index (χ4n) is 2.87. The number of carbonyl (C=O) groups is 2. The van der Waals surface area contributed by atoms with Gasteiger partial charge in [-0.25, -0.2) is 0 Å². The molecule has 1 atom stereocenters. The summed E-state index contributed by atoms with van der Waals surface area (Å²) in [7, 11) is 3.04. The first kappa shape index (κ1) is 21.8. The van der Waals surface area contributed by atoms with Gasteiger partial charge in [0.25, 0.3) is 0 Å². The van der Waals surface area contributed by atoms with Crippen molar-refractivity contribution in [3.05, 3.63) is 47.5 Å². The standard InChI is InChI=1S/C20H19F3N2O4S/c1-28-13-5-11(6-14(8-13)29-2)10-24-18(26)9-17-19(27)25-15-7-12(20(21,22)23)3-4-16(15)30-17/h3-8,17H,9-10H2,1-2H3,(H,24,26)(H,25,27). The summed E-state index contributed by atoms with van der Waals surface area (Å²) in [5.41, 5.74) is 0.0114. The molecule has 1 aliphatic rings. The minimum absolute atomic E-state index is 0.0972. The third-order valence-electron chi connectivity index (χ3n) is 4.40. The number of alkyl halides is 3. The number of carbonyl (C=O) groups excluding carboxylic acids is 2. The normalized spacial score (nSPS) is 15.8. The summed E-state index contributed by atoms with van der Waals surface area (Å²) >= 11 is 1.07. The van der Waals surface area contributed by atoms with Crippen LogP contribution < -0.4 is 20.1 Å². The smallest absolute Gasteiger partial charge is 0.416 e. The Morgan fingerprint density at radius 3 is 2.40 bits per heavy atom. The van der Waals surface area contributed by atoms with E-state index in [0.29, 0.717) is 16.4 Å². The maximum Gasteiger partial charge on any atom is 0.416 e. The molecule has 2 aromatic rings. The molecule has 160 valence electrons. The number of hydrogen-bond donors (Lipinski definition) is 2. The monoisotopic (exact) mass is 440 g/mol. The van der Waals surface area contributed by atoms with Gasteiger partial charge in [0, 0.05) is 23.9 Å². The van der Waals surface area contributed by atoms with Crippen molar-refractivity contribution >= 4 is 29.3 Å². The van der Waals surface area contributed by atoms with Gasteiger partial charge in [-0.2, -0.15) is 13.2 Å². The number of ether oxygens (including phenoxy) is 2. The Kier molecular flexibility index (Phi) is 6.45. The summed E-state index contributed by atoms with van der Waals surface area (Å²) in [5, 5.41) is 4.45. The van der Waals surface area contributed by atoms with Gasteiger partial charge in [0.15, 0.2) is 0 Å². The number of halogens is 3. The molecule has 0 bridgehead atoms. The fraction of sp³-hybridized carbons (Fsp3) is 0.300. The van der Waals surface area contributed by atoms with Gasteiger partial charge in [-0.05, 0) is 35.9 Å². The number of rotatable bonds is 6. The topological polar surface area (TPSA) is 76.7 Å². The van der Waals surface area contributed by atoms with Crippen molar-refractivity contribution in [2.45, 2.75) is 29.3 Å². The molecule has 1 aliphatic heterocycles. The van der Waals surface area contributed by atoms with Crippen LogP contribution in [0.15, 0.2) is 41.3 Å². The van der Waals surface area contributed by atoms with Crippen LogP contribution in [0.2, 0.25) is 0 Å². The van der Waals surface area contributed by atoms with E-state index in [4.69, 9.17) is 9.47 Å². The molecular formula is C20H19F3N2O4S. The van der Waals surface area contributed by atoms with E-state index < -0.39 is 22.9 Å². The molecule has 30 heavy (non-hydrogen) atoms. The zero-order valence-electron chi connectivity index (χ0n) is 16.1. The van der Waals surface area contributed by atoms with Crippen LogP contribution in [-0.4, -0.2) is 31.3 Å². The SMILES string of the molecule is COc1cc(CNC(=O)CC2Sc3ccc(C(F)(F)F)cc3NC2=O)cc(OC)c1. The van der Waals surface area contributed by atoms with E-state index in [9.17, 15) is 22.8 Å². The van der Waals surface area contributed by atoms with Crippen LogP contribution in [-0.2, 0) is 22.3 Å². The first-order valence-electron chi connectivity index (χ1n) is 8.87. The van der Waals surface area contributed by atoms with E-state index in [1.807, 2.05) is 0 Å². The van der Waals surface area contributed by atoms with Gasteiger partial charge in [-0.3, -0.25) is 9.59 Å². The molecule has 2 N–H and O–H groups in total. The van der Waals surface area contributed by atoms with Crippen molar-refractivity contribution in [3.63, 3.8) is 0 Å². The number of fused-ring (bicyclic) bond motifs is 1. The minimum Gasteiger partial charge on any atom is -0.497 e. The first-order chi connectivity index (χ1) is 14.2. The molecule has 2 amide bonds. The Labute approximate surface area is 175 Å². The predicted octanol–water partition coefficient (Wildman–Crippen LogP) is 3.84. The van der Waals surface area contributed by atoms with E-state index in [-0.39, 0.29) is 24.6 Å². The molecular weight excluding hydrogens is 421 g/mol. The number of methoxy groups -OCH3 is 2. The molecule has 0 aromatic heterocycles. The van der Waals surface area contributed by atoms with Crippen LogP contribution >= 0.6 is 11.8 Å². The van der Waals surface area contributed by atoms with Crippen LogP contribution in [0.4, 0.5) is 18.9 Å². The molecule has 1 unspecified atom stereocenters. The van der Waals surface area contributed by atoms with Crippen LogP contribution in [0.25, 0.3) is 0 Å². The summed E-state index contributed by atoms with van der Waals surface area (Å²) in [5.74, 6) is 0.288. The number of nitrogens with one attached hydrogen (secondary N) is 2. The van der Waals surface area contributed by atoms with Gasteiger partial charge in [-0.15, -0.1) is 11.8 Å². The van der Waals surface area contributed by atoms with Crippen molar-refractivity contribution in [2.24, 2.45) is 0 Å². The highest BCUT2D eigenvalue weighted by atomic mass is 32.2. The van der Waals surface area contributed by atoms with Gasteiger partial charge < -0.3 is 20.1 Å². The summed E-state index contributed by atoms with van der Waals surface area (Å²) in [4.78, 5) is 25.1. The Morgan fingerprint density at radius 1 is 1.13 bits per heavy atom. The van der Waals surface area contributed by atoms with Crippen molar-refractivity contribution < 1.29 is 32.2 Å². The predicted molar refractivity (Wildman–Crippen MR) is 106 cm³/mol. The molecule has 0 spiro atoms. The van der Waals surface area contributed by atoms with Gasteiger partial charge >= 0.3 is 6.18 Å². The zero-order chi connectivity index (χ0) is 21.9. The minimum atomic E-state index is -4.50. The largest absolute Gasteiger partial charge is 0.497 e. The molecule has 3 rings (SSSR count). The highest BCUT2D eigenvalue weighted by Crippen LogP contribution is 2.40. The van der Waals surface area contributed by atoms with E-state index in [1.165, 1.54) is 20.3 Å². The maximum atomic E-state index is 12.8. The number of thioether (sulfide) groups is 1. The molecule has 10 heteroatoms. The molecule has 0 fully saturated rings. The maximum absolute atomic E-state index is 12.8. The Morgan fingerprint density at radius 2 is 1.80 bits per heavy atom. The van der Waals surface area contributed by atoms with Gasteiger partial charge in [0.2, 0.25) is 11.8 Å². The van der Waals surface area contributed by atoms with Crippen LogP contribution in [0.5, 0.6) is 11.5 Å². The Hall–Kier alpha value is -2.88. The molecule has 6 nitrogen and oxygen atoms in total. The first-order valence-corrected chi connectivity index (χ1v) is 9.75. The molecule has 0 saturated heterocycles. The molecule has 0 aliphatic carbocycles. The molecule has 1 heterocycles. The second-order valence-corrected chi connectivity index (χ2v) is 7.75. The summed E-state index contributed by atoms with van der Waals surface area (Å²) < 4.78 is 48.9. The number of hydrogen-bond acceptors (Lipinski definition) is 5. The number of benzene rings is 2. The third-order valence-corrected chi connectivity index (χ3v) is 5.67. The summed E-state index contributed by atoms with van der Waals surface area (Å²) in [6, 6.07) is 8.35. The Balaban J connectivity index is 1.62. The molecule has 0 saturated carbocycles. The molecule has 0 radical (unpaired) electrons. The van der Waals surface area contributed by atoms with Crippen molar-refractivity contribution in [2.75, 3.05) is 19.5 Å². The van der Waals surface area contributed by atoms with Crippen molar-refractivity contribution in [1.82, 2.24) is 5.32 Å². The lowest BCUT2D eigenvalue weighted by Crippen LogP contribution is -2.34. The molecule has 2 aromatic carbocycles. The van der Waals surface area contributed by atoms with Gasteiger partial charge in [0.1, 0.15) is 11.5 Å². The Bertz CT molecular complexity index is 943. The average Bonchev–Trinajstić information content (AvgIpc) is 2.71. The average molecular weight is 440 g/mol. The third kappa shape index (κ3) is 5.18. The van der Waals surface area contributed by atoms with Crippen LogP contribution in [0.3, 0.4) is 0 Å². The fourth-order valence-corrected chi connectivity index (χ4v) is 3.96. The second-order valence-electron chi connectivity index (χ2n) is 6.51. The highest BCUT2D eigenvalue weighted by Gasteiger charge is 2.34. The van der Waals surface area contributed by atoms with E-state index in [0.717, 1.165) is 29.5 Å². The lowest BCUT2D eigenvalue weighted by Gasteiger charge is -2.24. The lowest BCUT2D eigenvalue weighted by atomic mass is 10.1. The van der Waals surface area contributed by atoms with Crippen molar-refractivity contribution in [1.29, 1.82) is 0 Å². The van der Waals surface area contributed by atoms with Gasteiger partial charge in [-0.1, -0.05) is 0 Å². The summed E-state index contributed by atoms with van der Waals surface area (Å²) in [6.45, 7) is 0.205. The lowest BCUT2D eigenvalue weighted by molar-refractivity contribution is -0.137. The van der Waals surface area contributed by atoms with E-state index in [2.05, 4.69) is 10.6 Å². The highest BCUT2D eigenvalue weighted by molar-refractivity contribution is 8.01. The number of anilines is 1. The zero-order valence-corrected chi connectivity index (χ0v) is 16.9.